The van der Waals surface area contributed by atoms with Crippen LogP contribution < -0.4 is 4.90 Å². The Hall–Kier alpha value is -3.98. The third-order valence-electron chi connectivity index (χ3n) is 5.88. The van der Waals surface area contributed by atoms with E-state index in [4.69, 9.17) is 9.97 Å². The molecule has 0 aliphatic heterocycles. The molecule has 1 aromatic carbocycles. The second kappa shape index (κ2) is 9.48. The second-order valence-electron chi connectivity index (χ2n) is 8.55. The number of hydrogen-bond donors (Lipinski definition) is 1. The maximum absolute atomic E-state index is 4.97. The van der Waals surface area contributed by atoms with Crippen LogP contribution in [0, 0.1) is 6.92 Å². The van der Waals surface area contributed by atoms with E-state index in [9.17, 15) is 0 Å². The van der Waals surface area contributed by atoms with Crippen LogP contribution in [0.25, 0.3) is 28.3 Å². The Kier molecular flexibility index (Phi) is 6.10. The lowest BCUT2D eigenvalue weighted by Gasteiger charge is -2.23. The van der Waals surface area contributed by atoms with E-state index >= 15 is 0 Å². The topological polar surface area (TPSA) is 78.2 Å². The van der Waals surface area contributed by atoms with Gasteiger partial charge in [-0.2, -0.15) is 5.10 Å². The molecular weight excluding hydrogens is 423 g/mol. The van der Waals surface area contributed by atoms with Crippen LogP contribution in [-0.4, -0.2) is 62.5 Å². The zero-order valence-corrected chi connectivity index (χ0v) is 19.7. The van der Waals surface area contributed by atoms with Gasteiger partial charge >= 0.3 is 0 Å². The van der Waals surface area contributed by atoms with Crippen LogP contribution in [0.15, 0.2) is 73.2 Å². The lowest BCUT2D eigenvalue weighted by molar-refractivity contribution is 0.444. The molecule has 170 valence electrons. The molecule has 5 rings (SSSR count). The molecule has 0 spiro atoms. The average molecular weight is 450 g/mol. The maximum atomic E-state index is 4.97. The van der Waals surface area contributed by atoms with Crippen molar-refractivity contribution in [2.45, 2.75) is 13.5 Å². The van der Waals surface area contributed by atoms with Gasteiger partial charge in [-0.15, -0.1) is 0 Å². The molecule has 8 nitrogen and oxygen atoms in total. The van der Waals surface area contributed by atoms with Gasteiger partial charge in [-0.25, -0.2) is 14.5 Å². The summed E-state index contributed by atoms with van der Waals surface area (Å²) in [4.78, 5) is 22.0. The fourth-order valence-electron chi connectivity index (χ4n) is 4.00. The fraction of sp³-hybridized carbons (Fsp3) is 0.200. The summed E-state index contributed by atoms with van der Waals surface area (Å²) in [6, 6.07) is 20.5. The van der Waals surface area contributed by atoms with E-state index in [2.05, 4.69) is 64.1 Å². The Morgan fingerprint density at radius 1 is 0.971 bits per heavy atom. The SMILES string of the molecule is BN(CCN(C)c1ccccc1)Cc1nc(-c2cccc(C)n2)c(-c2ccc3ncnn3c2)[nH]1. The number of benzene rings is 1. The Bertz CT molecular complexity index is 1390. The highest BCUT2D eigenvalue weighted by molar-refractivity contribution is 6.04. The highest BCUT2D eigenvalue weighted by Gasteiger charge is 2.17. The number of H-pyrrole nitrogens is 1. The second-order valence-corrected chi connectivity index (χ2v) is 8.55. The summed E-state index contributed by atoms with van der Waals surface area (Å²) in [7, 11) is 4.24. The van der Waals surface area contributed by atoms with E-state index in [0.717, 1.165) is 52.9 Å². The first kappa shape index (κ1) is 21.8. The van der Waals surface area contributed by atoms with Crippen molar-refractivity contribution in [3.63, 3.8) is 0 Å². The molecular formula is C25H27BN8. The lowest BCUT2D eigenvalue weighted by Crippen LogP contribution is -2.31. The first-order valence-electron chi connectivity index (χ1n) is 11.3. The number of pyridine rings is 2. The minimum absolute atomic E-state index is 0.701. The van der Waals surface area contributed by atoms with Crippen molar-refractivity contribution >= 4 is 19.3 Å². The zero-order chi connectivity index (χ0) is 23.5. The first-order valence-corrected chi connectivity index (χ1v) is 11.3. The predicted octanol–water partition coefficient (Wildman–Crippen LogP) is 2.98. The van der Waals surface area contributed by atoms with Crippen LogP contribution in [0.1, 0.15) is 11.5 Å². The molecule has 0 aliphatic rings. The number of aromatic nitrogens is 6. The van der Waals surface area contributed by atoms with Gasteiger partial charge in [0, 0.05) is 49.8 Å². The summed E-state index contributed by atoms with van der Waals surface area (Å²) < 4.78 is 1.77. The quantitative estimate of drug-likeness (QED) is 0.367. The van der Waals surface area contributed by atoms with Crippen molar-refractivity contribution < 1.29 is 0 Å². The van der Waals surface area contributed by atoms with E-state index in [-0.39, 0.29) is 0 Å². The first-order chi connectivity index (χ1) is 16.6. The molecule has 0 atom stereocenters. The van der Waals surface area contributed by atoms with Gasteiger partial charge in [-0.05, 0) is 43.3 Å². The molecule has 1 N–H and O–H groups in total. The molecule has 5 aromatic rings. The molecule has 0 saturated heterocycles. The summed E-state index contributed by atoms with van der Waals surface area (Å²) in [5.41, 5.74) is 6.59. The number of para-hydroxylation sites is 1. The van der Waals surface area contributed by atoms with Gasteiger partial charge in [0.05, 0.1) is 11.4 Å². The molecule has 0 amide bonds. The Balaban J connectivity index is 1.39. The summed E-state index contributed by atoms with van der Waals surface area (Å²) >= 11 is 0. The third-order valence-corrected chi connectivity index (χ3v) is 5.88. The van der Waals surface area contributed by atoms with E-state index in [1.807, 2.05) is 49.5 Å². The van der Waals surface area contributed by atoms with Gasteiger partial charge in [-0.3, -0.25) is 4.98 Å². The van der Waals surface area contributed by atoms with Crippen molar-refractivity contribution in [1.82, 2.24) is 34.4 Å². The van der Waals surface area contributed by atoms with Crippen molar-refractivity contribution in [1.29, 1.82) is 0 Å². The Labute approximate surface area is 199 Å². The Morgan fingerprint density at radius 3 is 2.65 bits per heavy atom. The standard InChI is InChI=1S/C25H27BN8/c1-18-7-6-10-21(29-18)25-24(19-11-12-23-27-17-28-34(23)15-19)30-22(31-25)16-33(26)14-13-32(2)20-8-4-3-5-9-20/h3-12,15,17H,13-14,16,26H2,1-2H3,(H,30,31). The fourth-order valence-corrected chi connectivity index (χ4v) is 4.00. The third kappa shape index (κ3) is 4.70. The number of imidazole rings is 1. The molecule has 0 fully saturated rings. The van der Waals surface area contributed by atoms with E-state index in [0.29, 0.717) is 6.54 Å². The van der Waals surface area contributed by atoms with Crippen molar-refractivity contribution in [3.05, 3.63) is 84.7 Å². The number of likely N-dealkylation sites (N-methyl/N-ethyl adjacent to an activating group) is 1. The summed E-state index contributed by atoms with van der Waals surface area (Å²) in [6.45, 7) is 4.52. The zero-order valence-electron chi connectivity index (χ0n) is 19.7. The van der Waals surface area contributed by atoms with E-state index in [1.54, 1.807) is 10.8 Å². The van der Waals surface area contributed by atoms with Gasteiger partial charge in [0.1, 0.15) is 17.8 Å². The number of fused-ring (bicyclic) bond motifs is 1. The summed E-state index contributed by atoms with van der Waals surface area (Å²) in [5, 5.41) is 4.29. The summed E-state index contributed by atoms with van der Waals surface area (Å²) in [5.74, 6) is 0.900. The lowest BCUT2D eigenvalue weighted by atomic mass is 10.1. The molecule has 0 aliphatic carbocycles. The molecule has 4 heterocycles. The van der Waals surface area contributed by atoms with Crippen molar-refractivity contribution in [2.24, 2.45) is 0 Å². The van der Waals surface area contributed by atoms with E-state index in [1.165, 1.54) is 5.69 Å². The van der Waals surface area contributed by atoms with Crippen LogP contribution in [0.4, 0.5) is 5.69 Å². The maximum Gasteiger partial charge on any atom is 0.186 e. The van der Waals surface area contributed by atoms with Crippen LogP contribution in [0.5, 0.6) is 0 Å². The largest absolute Gasteiger partial charge is 0.373 e. The van der Waals surface area contributed by atoms with Crippen molar-refractivity contribution in [2.75, 3.05) is 25.0 Å². The molecule has 0 bridgehead atoms. The number of hydrogen-bond acceptors (Lipinski definition) is 6. The molecule has 0 unspecified atom stereocenters. The molecule has 4 aromatic heterocycles. The van der Waals surface area contributed by atoms with Gasteiger partial charge in [0.25, 0.3) is 0 Å². The normalized spacial score (nSPS) is 11.4. The number of aromatic amines is 1. The van der Waals surface area contributed by atoms with E-state index < -0.39 is 0 Å². The minimum atomic E-state index is 0.701. The van der Waals surface area contributed by atoms with Gasteiger partial charge in [0.2, 0.25) is 0 Å². The average Bonchev–Trinajstić information content (AvgIpc) is 3.49. The summed E-state index contributed by atoms with van der Waals surface area (Å²) in [6.07, 6.45) is 3.53. The molecule has 34 heavy (non-hydrogen) atoms. The number of aryl methyl sites for hydroxylation is 1. The molecule has 0 radical (unpaired) electrons. The number of nitrogens with zero attached hydrogens (tertiary/aromatic N) is 7. The smallest absolute Gasteiger partial charge is 0.186 e. The van der Waals surface area contributed by atoms with Gasteiger partial charge < -0.3 is 14.7 Å². The monoisotopic (exact) mass is 450 g/mol. The number of rotatable bonds is 8. The number of nitrogens with one attached hydrogen (secondary N) is 1. The Morgan fingerprint density at radius 2 is 1.82 bits per heavy atom. The van der Waals surface area contributed by atoms with Crippen LogP contribution in [0.2, 0.25) is 0 Å². The highest BCUT2D eigenvalue weighted by Crippen LogP contribution is 2.29. The van der Waals surface area contributed by atoms with Gasteiger partial charge in [0.15, 0.2) is 13.6 Å². The van der Waals surface area contributed by atoms with Crippen LogP contribution in [-0.2, 0) is 6.54 Å². The van der Waals surface area contributed by atoms with Crippen LogP contribution in [0.3, 0.4) is 0 Å². The number of anilines is 1. The van der Waals surface area contributed by atoms with Crippen LogP contribution >= 0.6 is 0 Å². The van der Waals surface area contributed by atoms with Crippen molar-refractivity contribution in [3.8, 4) is 22.6 Å². The predicted molar refractivity (Wildman–Crippen MR) is 137 cm³/mol. The minimum Gasteiger partial charge on any atom is -0.373 e. The molecule has 9 heteroatoms. The highest BCUT2D eigenvalue weighted by atomic mass is 15.3. The molecule has 0 saturated carbocycles. The van der Waals surface area contributed by atoms with Gasteiger partial charge in [-0.1, -0.05) is 24.3 Å².